The van der Waals surface area contributed by atoms with Crippen LogP contribution >= 0.6 is 23.1 Å². The van der Waals surface area contributed by atoms with Gasteiger partial charge in [0.2, 0.25) is 5.91 Å². The Balaban J connectivity index is 1.47. The first-order chi connectivity index (χ1) is 12.2. The summed E-state index contributed by atoms with van der Waals surface area (Å²) in [6.45, 7) is 1.84. The van der Waals surface area contributed by atoms with E-state index in [2.05, 4.69) is 16.0 Å². The minimum atomic E-state index is -0.0696. The molecular formula is C18H21N3O2S2. The molecule has 2 amide bonds. The molecule has 0 bridgehead atoms. The molecule has 1 aliphatic rings. The Morgan fingerprint density at radius 2 is 2.08 bits per heavy atom. The maximum absolute atomic E-state index is 12.3. The number of hydrogen-bond acceptors (Lipinski definition) is 5. The number of hydrogen-bond donors (Lipinski definition) is 3. The van der Waals surface area contributed by atoms with E-state index in [1.807, 2.05) is 17.5 Å². The van der Waals surface area contributed by atoms with E-state index in [0.717, 1.165) is 30.1 Å². The van der Waals surface area contributed by atoms with Crippen molar-refractivity contribution in [3.63, 3.8) is 0 Å². The lowest BCUT2D eigenvalue weighted by Gasteiger charge is -2.23. The van der Waals surface area contributed by atoms with Crippen LogP contribution in [0, 0.1) is 0 Å². The van der Waals surface area contributed by atoms with Crippen molar-refractivity contribution in [2.45, 2.75) is 23.1 Å². The van der Waals surface area contributed by atoms with Gasteiger partial charge in [-0.05, 0) is 55.1 Å². The maximum atomic E-state index is 12.3. The van der Waals surface area contributed by atoms with Crippen LogP contribution in [0.25, 0.3) is 0 Å². The predicted octanol–water partition coefficient (Wildman–Crippen LogP) is 2.96. The van der Waals surface area contributed by atoms with Gasteiger partial charge in [0, 0.05) is 23.8 Å². The van der Waals surface area contributed by atoms with Gasteiger partial charge in [0.1, 0.15) is 0 Å². The quantitative estimate of drug-likeness (QED) is 0.679. The third-order valence-corrected chi connectivity index (χ3v) is 6.03. The topological polar surface area (TPSA) is 70.2 Å². The van der Waals surface area contributed by atoms with E-state index in [0.29, 0.717) is 17.0 Å². The molecule has 0 spiro atoms. The van der Waals surface area contributed by atoms with Crippen molar-refractivity contribution in [1.82, 2.24) is 10.6 Å². The highest BCUT2D eigenvalue weighted by Gasteiger charge is 2.16. The van der Waals surface area contributed by atoms with Crippen LogP contribution in [0.1, 0.15) is 23.2 Å². The zero-order chi connectivity index (χ0) is 17.5. The number of anilines is 1. The van der Waals surface area contributed by atoms with Gasteiger partial charge in [-0.1, -0.05) is 6.07 Å². The van der Waals surface area contributed by atoms with E-state index in [9.17, 15) is 9.59 Å². The van der Waals surface area contributed by atoms with Gasteiger partial charge in [0.25, 0.3) is 5.91 Å². The fraction of sp³-hybridized carbons (Fsp3) is 0.333. The first-order valence-electron chi connectivity index (χ1n) is 8.28. The number of carbonyl (C=O) groups excluding carboxylic acids is 2. The van der Waals surface area contributed by atoms with E-state index >= 15 is 0 Å². The summed E-state index contributed by atoms with van der Waals surface area (Å²) in [5.74, 6) is 0.251. The molecule has 0 unspecified atom stereocenters. The third kappa shape index (κ3) is 5.59. The summed E-state index contributed by atoms with van der Waals surface area (Å²) >= 11 is 3.14. The molecule has 1 aromatic heterocycles. The predicted molar refractivity (Wildman–Crippen MR) is 103 cm³/mol. The van der Waals surface area contributed by atoms with Crippen molar-refractivity contribution in [2.75, 3.05) is 24.2 Å². The molecule has 2 heterocycles. The molecule has 0 radical (unpaired) electrons. The smallest absolute Gasteiger partial charge is 0.251 e. The van der Waals surface area contributed by atoms with Crippen LogP contribution in [-0.4, -0.2) is 36.7 Å². The Morgan fingerprint density at radius 1 is 1.24 bits per heavy atom. The van der Waals surface area contributed by atoms with Gasteiger partial charge in [-0.2, -0.15) is 0 Å². The van der Waals surface area contributed by atoms with Crippen molar-refractivity contribution < 1.29 is 9.59 Å². The van der Waals surface area contributed by atoms with Crippen molar-refractivity contribution >= 4 is 40.6 Å². The Labute approximate surface area is 155 Å². The van der Waals surface area contributed by atoms with E-state index in [4.69, 9.17) is 0 Å². The van der Waals surface area contributed by atoms with Gasteiger partial charge in [-0.3, -0.25) is 9.59 Å². The SMILES string of the molecule is O=C(CSc1cccs1)Nc1ccc(C(=O)N[C@H]2CCCNC2)cc1. The highest BCUT2D eigenvalue weighted by molar-refractivity contribution is 8.01. The largest absolute Gasteiger partial charge is 0.348 e. The monoisotopic (exact) mass is 375 g/mol. The summed E-state index contributed by atoms with van der Waals surface area (Å²) in [7, 11) is 0. The normalized spacial score (nSPS) is 17.0. The molecule has 132 valence electrons. The molecule has 2 aromatic rings. The number of benzene rings is 1. The first-order valence-corrected chi connectivity index (χ1v) is 10.1. The van der Waals surface area contributed by atoms with Gasteiger partial charge in [-0.15, -0.1) is 23.1 Å². The summed E-state index contributed by atoms with van der Waals surface area (Å²) in [5, 5.41) is 11.2. The molecule has 7 heteroatoms. The summed E-state index contributed by atoms with van der Waals surface area (Å²) in [5.41, 5.74) is 1.31. The lowest BCUT2D eigenvalue weighted by Crippen LogP contribution is -2.45. The Kier molecular flexibility index (Phi) is 6.49. The number of thioether (sulfide) groups is 1. The highest BCUT2D eigenvalue weighted by atomic mass is 32.2. The molecule has 3 N–H and O–H groups in total. The first kappa shape index (κ1) is 18.0. The molecule has 5 nitrogen and oxygen atoms in total. The molecule has 1 atom stereocenters. The zero-order valence-electron chi connectivity index (χ0n) is 13.8. The van der Waals surface area contributed by atoms with E-state index in [1.165, 1.54) is 11.8 Å². The highest BCUT2D eigenvalue weighted by Crippen LogP contribution is 2.23. The second kappa shape index (κ2) is 9.03. The number of carbonyl (C=O) groups is 2. The van der Waals surface area contributed by atoms with Gasteiger partial charge in [-0.25, -0.2) is 0 Å². The standard InChI is InChI=1S/C18H21N3O2S2/c22-16(12-25-17-4-2-10-24-17)20-14-7-5-13(6-8-14)18(23)21-15-3-1-9-19-11-15/h2,4-8,10,15,19H,1,3,9,11-12H2,(H,20,22)(H,21,23)/t15-/m0/s1. The molecule has 3 rings (SSSR count). The van der Waals surface area contributed by atoms with Crippen LogP contribution < -0.4 is 16.0 Å². The molecule has 1 fully saturated rings. The van der Waals surface area contributed by atoms with Crippen molar-refractivity contribution in [2.24, 2.45) is 0 Å². The number of piperidine rings is 1. The van der Waals surface area contributed by atoms with E-state index in [1.54, 1.807) is 35.6 Å². The number of thiophene rings is 1. The Bertz CT molecular complexity index is 696. The lowest BCUT2D eigenvalue weighted by molar-refractivity contribution is -0.113. The Morgan fingerprint density at radius 3 is 2.76 bits per heavy atom. The second-order valence-corrected chi connectivity index (χ2v) is 8.09. The summed E-state index contributed by atoms with van der Waals surface area (Å²) in [6.07, 6.45) is 2.09. The number of rotatable bonds is 6. The van der Waals surface area contributed by atoms with Gasteiger partial charge < -0.3 is 16.0 Å². The van der Waals surface area contributed by atoms with Crippen molar-refractivity contribution in [3.8, 4) is 0 Å². The van der Waals surface area contributed by atoms with Crippen LogP contribution in [0.3, 0.4) is 0 Å². The van der Waals surface area contributed by atoms with Crippen LogP contribution in [0.2, 0.25) is 0 Å². The molecule has 25 heavy (non-hydrogen) atoms. The van der Waals surface area contributed by atoms with Gasteiger partial charge in [0.15, 0.2) is 0 Å². The molecule has 1 aliphatic heterocycles. The average Bonchev–Trinajstić information content (AvgIpc) is 3.15. The number of amides is 2. The Hall–Kier alpha value is -1.83. The minimum absolute atomic E-state index is 0.0520. The zero-order valence-corrected chi connectivity index (χ0v) is 15.4. The molecular weight excluding hydrogens is 354 g/mol. The average molecular weight is 376 g/mol. The van der Waals surface area contributed by atoms with Crippen LogP contribution in [0.5, 0.6) is 0 Å². The number of nitrogens with one attached hydrogen (secondary N) is 3. The van der Waals surface area contributed by atoms with Crippen molar-refractivity contribution in [3.05, 3.63) is 47.3 Å². The molecule has 0 saturated carbocycles. The molecule has 1 aromatic carbocycles. The van der Waals surface area contributed by atoms with Gasteiger partial charge in [0.05, 0.1) is 9.96 Å². The third-order valence-electron chi connectivity index (χ3n) is 3.90. The molecule has 0 aliphatic carbocycles. The fourth-order valence-electron chi connectivity index (χ4n) is 2.63. The molecule has 1 saturated heterocycles. The van der Waals surface area contributed by atoms with Crippen molar-refractivity contribution in [1.29, 1.82) is 0 Å². The van der Waals surface area contributed by atoms with Crippen LogP contribution in [-0.2, 0) is 4.79 Å². The fourth-order valence-corrected chi connectivity index (χ4v) is 4.21. The van der Waals surface area contributed by atoms with E-state index in [-0.39, 0.29) is 17.9 Å². The minimum Gasteiger partial charge on any atom is -0.348 e. The lowest BCUT2D eigenvalue weighted by atomic mass is 10.1. The van der Waals surface area contributed by atoms with Crippen LogP contribution in [0.4, 0.5) is 5.69 Å². The maximum Gasteiger partial charge on any atom is 0.251 e. The van der Waals surface area contributed by atoms with Crippen LogP contribution in [0.15, 0.2) is 46.0 Å². The summed E-state index contributed by atoms with van der Waals surface area (Å²) < 4.78 is 1.12. The summed E-state index contributed by atoms with van der Waals surface area (Å²) in [6, 6.07) is 11.2. The van der Waals surface area contributed by atoms with E-state index < -0.39 is 0 Å². The van der Waals surface area contributed by atoms with Gasteiger partial charge >= 0.3 is 0 Å². The summed E-state index contributed by atoms with van der Waals surface area (Å²) in [4.78, 5) is 24.2. The second-order valence-electron chi connectivity index (χ2n) is 5.86.